The summed E-state index contributed by atoms with van der Waals surface area (Å²) in [5.74, 6) is -0.957. The summed E-state index contributed by atoms with van der Waals surface area (Å²) in [4.78, 5) is 11.9. The van der Waals surface area contributed by atoms with E-state index in [0.29, 0.717) is 19.6 Å². The Kier molecular flexibility index (Phi) is 3.34. The highest BCUT2D eigenvalue weighted by Crippen LogP contribution is 2.41. The van der Waals surface area contributed by atoms with Gasteiger partial charge < -0.3 is 15.6 Å². The third kappa shape index (κ3) is 2.15. The Hall–Kier alpha value is -0.430. The molecule has 1 aliphatic heterocycles. The third-order valence-corrected chi connectivity index (χ3v) is 4.65. The SMILES string of the molecule is NC(CC1(c2ccc(Br)s2)COC1)C(=O)O. The third-order valence-electron chi connectivity index (χ3n) is 2.78. The molecule has 1 aromatic heterocycles. The lowest BCUT2D eigenvalue weighted by atomic mass is 9.78. The van der Waals surface area contributed by atoms with E-state index in [2.05, 4.69) is 15.9 Å². The molecular weight excluding hydrogens is 294 g/mol. The first-order chi connectivity index (χ1) is 7.53. The number of ether oxygens (including phenoxy) is 1. The summed E-state index contributed by atoms with van der Waals surface area (Å²) >= 11 is 5.02. The van der Waals surface area contributed by atoms with Gasteiger partial charge in [0.25, 0.3) is 0 Å². The molecule has 1 fully saturated rings. The predicted octanol–water partition coefficient (Wildman–Crippen LogP) is 1.58. The highest BCUT2D eigenvalue weighted by molar-refractivity contribution is 9.11. The van der Waals surface area contributed by atoms with Gasteiger partial charge in [-0.3, -0.25) is 4.79 Å². The van der Waals surface area contributed by atoms with Crippen molar-refractivity contribution >= 4 is 33.2 Å². The fraction of sp³-hybridized carbons (Fsp3) is 0.500. The zero-order valence-electron chi connectivity index (χ0n) is 8.48. The van der Waals surface area contributed by atoms with E-state index in [9.17, 15) is 4.79 Å². The second kappa shape index (κ2) is 4.44. The molecule has 0 spiro atoms. The number of carboxylic acid groups (broad SMARTS) is 1. The number of hydrogen-bond donors (Lipinski definition) is 2. The Morgan fingerprint density at radius 2 is 2.38 bits per heavy atom. The topological polar surface area (TPSA) is 72.5 Å². The number of rotatable bonds is 4. The standard InChI is InChI=1S/C10H12BrNO3S/c11-8-2-1-7(16-8)10(4-15-5-10)3-6(12)9(13)14/h1-2,6H,3-5,12H2,(H,13,14). The maximum Gasteiger partial charge on any atom is 0.320 e. The number of thiophene rings is 1. The second-order valence-corrected chi connectivity index (χ2v) is 6.49. The Balaban J connectivity index is 2.17. The van der Waals surface area contributed by atoms with E-state index in [1.165, 1.54) is 0 Å². The molecule has 16 heavy (non-hydrogen) atoms. The van der Waals surface area contributed by atoms with Gasteiger partial charge in [0, 0.05) is 4.88 Å². The van der Waals surface area contributed by atoms with Crippen LogP contribution in [0.2, 0.25) is 0 Å². The van der Waals surface area contributed by atoms with E-state index in [1.807, 2.05) is 12.1 Å². The number of halogens is 1. The van der Waals surface area contributed by atoms with E-state index >= 15 is 0 Å². The summed E-state index contributed by atoms with van der Waals surface area (Å²) < 4.78 is 6.26. The Labute approximate surface area is 106 Å². The van der Waals surface area contributed by atoms with Crippen LogP contribution in [0.3, 0.4) is 0 Å². The molecule has 0 saturated carbocycles. The van der Waals surface area contributed by atoms with Crippen LogP contribution in [0.1, 0.15) is 11.3 Å². The fourth-order valence-electron chi connectivity index (χ4n) is 1.82. The van der Waals surface area contributed by atoms with Crippen LogP contribution in [0.15, 0.2) is 15.9 Å². The summed E-state index contributed by atoms with van der Waals surface area (Å²) in [6.07, 6.45) is 0.426. The van der Waals surface area contributed by atoms with E-state index < -0.39 is 12.0 Å². The fourth-order valence-corrected chi connectivity index (χ4v) is 3.37. The lowest BCUT2D eigenvalue weighted by Gasteiger charge is -2.41. The minimum atomic E-state index is -0.957. The van der Waals surface area contributed by atoms with Crippen molar-refractivity contribution in [3.8, 4) is 0 Å². The molecule has 0 aliphatic carbocycles. The quantitative estimate of drug-likeness (QED) is 0.886. The molecule has 2 heterocycles. The van der Waals surface area contributed by atoms with Gasteiger partial charge in [-0.2, -0.15) is 0 Å². The molecule has 0 aromatic carbocycles. The van der Waals surface area contributed by atoms with Crippen LogP contribution in [0.4, 0.5) is 0 Å². The van der Waals surface area contributed by atoms with Crippen molar-refractivity contribution in [2.24, 2.45) is 5.73 Å². The molecule has 0 radical (unpaired) electrons. The monoisotopic (exact) mass is 305 g/mol. The summed E-state index contributed by atoms with van der Waals surface area (Å²) in [7, 11) is 0. The molecule has 2 rings (SSSR count). The van der Waals surface area contributed by atoms with Crippen molar-refractivity contribution in [2.45, 2.75) is 17.9 Å². The number of carbonyl (C=O) groups is 1. The van der Waals surface area contributed by atoms with E-state index in [-0.39, 0.29) is 5.41 Å². The van der Waals surface area contributed by atoms with Gasteiger partial charge in [-0.25, -0.2) is 0 Å². The lowest BCUT2D eigenvalue weighted by Crippen LogP contribution is -2.51. The van der Waals surface area contributed by atoms with Gasteiger partial charge >= 0.3 is 5.97 Å². The summed E-state index contributed by atoms with van der Waals surface area (Å²) in [5.41, 5.74) is 5.39. The summed E-state index contributed by atoms with van der Waals surface area (Å²) in [5, 5.41) is 8.85. The van der Waals surface area contributed by atoms with E-state index in [4.69, 9.17) is 15.6 Å². The number of nitrogens with two attached hydrogens (primary N) is 1. The molecule has 0 amide bonds. The van der Waals surface area contributed by atoms with Gasteiger partial charge in [-0.1, -0.05) is 0 Å². The Bertz CT molecular complexity index is 403. The van der Waals surface area contributed by atoms with Gasteiger partial charge in [0.1, 0.15) is 6.04 Å². The molecule has 1 unspecified atom stereocenters. The maximum absolute atomic E-state index is 10.8. The van der Waals surface area contributed by atoms with Crippen LogP contribution in [-0.2, 0) is 14.9 Å². The van der Waals surface area contributed by atoms with Crippen LogP contribution in [0.5, 0.6) is 0 Å². The summed E-state index contributed by atoms with van der Waals surface area (Å²) in [6.45, 7) is 1.11. The number of carboxylic acids is 1. The van der Waals surface area contributed by atoms with Gasteiger partial charge in [-0.05, 0) is 34.5 Å². The minimum absolute atomic E-state index is 0.200. The molecule has 0 bridgehead atoms. The predicted molar refractivity (Wildman–Crippen MR) is 64.7 cm³/mol. The maximum atomic E-state index is 10.8. The smallest absolute Gasteiger partial charge is 0.320 e. The second-order valence-electron chi connectivity index (χ2n) is 4.03. The molecule has 3 N–H and O–H groups in total. The van der Waals surface area contributed by atoms with Crippen LogP contribution >= 0.6 is 27.3 Å². The molecule has 88 valence electrons. The van der Waals surface area contributed by atoms with Crippen molar-refractivity contribution < 1.29 is 14.6 Å². The molecule has 1 saturated heterocycles. The van der Waals surface area contributed by atoms with Crippen LogP contribution in [0, 0.1) is 0 Å². The molecule has 1 aliphatic rings. The Morgan fingerprint density at radius 3 is 2.75 bits per heavy atom. The number of aliphatic carboxylic acids is 1. The van der Waals surface area contributed by atoms with Crippen molar-refractivity contribution in [3.05, 3.63) is 20.8 Å². The van der Waals surface area contributed by atoms with Gasteiger partial charge in [0.15, 0.2) is 0 Å². The van der Waals surface area contributed by atoms with Crippen LogP contribution in [-0.4, -0.2) is 30.3 Å². The van der Waals surface area contributed by atoms with Gasteiger partial charge in [0.2, 0.25) is 0 Å². The highest BCUT2D eigenvalue weighted by atomic mass is 79.9. The molecule has 1 aromatic rings. The van der Waals surface area contributed by atoms with Crippen LogP contribution in [0.25, 0.3) is 0 Å². The normalized spacial score (nSPS) is 20.1. The van der Waals surface area contributed by atoms with Crippen molar-refractivity contribution in [1.29, 1.82) is 0 Å². The first-order valence-corrected chi connectivity index (χ1v) is 6.46. The molecule has 1 atom stereocenters. The molecular formula is C10H12BrNO3S. The van der Waals surface area contributed by atoms with Crippen molar-refractivity contribution in [2.75, 3.05) is 13.2 Å². The first kappa shape index (κ1) is 12.0. The minimum Gasteiger partial charge on any atom is -0.480 e. The molecule has 6 heteroatoms. The zero-order chi connectivity index (χ0) is 11.8. The average Bonchev–Trinajstić information content (AvgIpc) is 2.58. The van der Waals surface area contributed by atoms with Crippen LogP contribution < -0.4 is 5.73 Å². The number of hydrogen-bond acceptors (Lipinski definition) is 4. The van der Waals surface area contributed by atoms with Gasteiger partial charge in [-0.15, -0.1) is 11.3 Å². The highest BCUT2D eigenvalue weighted by Gasteiger charge is 2.43. The van der Waals surface area contributed by atoms with E-state index in [1.54, 1.807) is 11.3 Å². The zero-order valence-corrected chi connectivity index (χ0v) is 10.9. The largest absolute Gasteiger partial charge is 0.480 e. The van der Waals surface area contributed by atoms with Gasteiger partial charge in [0.05, 0.1) is 22.4 Å². The van der Waals surface area contributed by atoms with Crippen molar-refractivity contribution in [1.82, 2.24) is 0 Å². The average molecular weight is 306 g/mol. The van der Waals surface area contributed by atoms with Crippen molar-refractivity contribution in [3.63, 3.8) is 0 Å². The molecule has 4 nitrogen and oxygen atoms in total. The van der Waals surface area contributed by atoms with E-state index in [0.717, 1.165) is 8.66 Å². The summed E-state index contributed by atoms with van der Waals surface area (Å²) in [6, 6.07) is 3.14. The lowest BCUT2D eigenvalue weighted by molar-refractivity contribution is -0.141. The Morgan fingerprint density at radius 1 is 1.69 bits per heavy atom. The first-order valence-electron chi connectivity index (χ1n) is 4.85.